The minimum atomic E-state index is -0.0751. The molecule has 0 radical (unpaired) electrons. The fourth-order valence-electron chi connectivity index (χ4n) is 2.24. The summed E-state index contributed by atoms with van der Waals surface area (Å²) in [6, 6.07) is 5.89. The first kappa shape index (κ1) is 12.0. The van der Waals surface area contributed by atoms with Gasteiger partial charge in [-0.2, -0.15) is 0 Å². The number of anilines is 1. The molecular formula is C12H16Cl2N2. The molecule has 0 spiro atoms. The largest absolute Gasteiger partial charge is 0.364 e. The van der Waals surface area contributed by atoms with Crippen LogP contribution in [0.25, 0.3) is 0 Å². The monoisotopic (exact) mass is 258 g/mol. The second-order valence-corrected chi connectivity index (χ2v) is 5.56. The molecule has 1 aliphatic rings. The van der Waals surface area contributed by atoms with Gasteiger partial charge in [-0.1, -0.05) is 29.3 Å². The molecule has 0 aliphatic carbocycles. The average Bonchev–Trinajstić information content (AvgIpc) is 2.48. The Hall–Kier alpha value is -0.440. The van der Waals surface area contributed by atoms with E-state index in [9.17, 15) is 0 Å². The molecule has 0 aromatic heterocycles. The third kappa shape index (κ3) is 1.79. The first-order valence-corrected chi connectivity index (χ1v) is 6.17. The SMILES string of the molecule is CC1(C)C(N)CCN1c1cccc(Cl)c1Cl. The molecule has 2 nitrogen and oxygen atoms in total. The van der Waals surface area contributed by atoms with Crippen molar-refractivity contribution in [1.29, 1.82) is 0 Å². The summed E-state index contributed by atoms with van der Waals surface area (Å²) in [6.45, 7) is 5.21. The van der Waals surface area contributed by atoms with E-state index in [1.807, 2.05) is 12.1 Å². The molecule has 0 bridgehead atoms. The van der Waals surface area contributed by atoms with Crippen LogP contribution in [0.5, 0.6) is 0 Å². The quantitative estimate of drug-likeness (QED) is 0.838. The van der Waals surface area contributed by atoms with Crippen molar-refractivity contribution in [1.82, 2.24) is 0 Å². The van der Waals surface area contributed by atoms with Gasteiger partial charge in [-0.25, -0.2) is 0 Å². The fourth-order valence-corrected chi connectivity index (χ4v) is 2.64. The molecule has 1 unspecified atom stereocenters. The van der Waals surface area contributed by atoms with Crippen molar-refractivity contribution in [3.8, 4) is 0 Å². The summed E-state index contributed by atoms with van der Waals surface area (Å²) in [7, 11) is 0. The van der Waals surface area contributed by atoms with Crippen molar-refractivity contribution in [3.63, 3.8) is 0 Å². The second kappa shape index (κ2) is 4.10. The molecule has 4 heteroatoms. The maximum Gasteiger partial charge on any atom is 0.0825 e. The van der Waals surface area contributed by atoms with Crippen LogP contribution in [0, 0.1) is 0 Å². The zero-order valence-corrected chi connectivity index (χ0v) is 11.0. The van der Waals surface area contributed by atoms with E-state index in [0.717, 1.165) is 18.7 Å². The molecular weight excluding hydrogens is 243 g/mol. The van der Waals surface area contributed by atoms with Crippen LogP contribution >= 0.6 is 23.2 Å². The van der Waals surface area contributed by atoms with Crippen LogP contribution in [0.3, 0.4) is 0 Å². The fraction of sp³-hybridized carbons (Fsp3) is 0.500. The van der Waals surface area contributed by atoms with Crippen LogP contribution in [0.15, 0.2) is 18.2 Å². The third-order valence-electron chi connectivity index (χ3n) is 3.49. The van der Waals surface area contributed by atoms with Gasteiger partial charge in [-0.05, 0) is 32.4 Å². The molecule has 1 heterocycles. The lowest BCUT2D eigenvalue weighted by Crippen LogP contribution is -2.49. The van der Waals surface area contributed by atoms with Crippen LogP contribution in [-0.4, -0.2) is 18.1 Å². The smallest absolute Gasteiger partial charge is 0.0825 e. The molecule has 1 aromatic rings. The van der Waals surface area contributed by atoms with Gasteiger partial charge in [0.15, 0.2) is 0 Å². The number of nitrogens with two attached hydrogens (primary N) is 1. The zero-order valence-electron chi connectivity index (χ0n) is 9.50. The van der Waals surface area contributed by atoms with Crippen molar-refractivity contribution in [3.05, 3.63) is 28.2 Å². The molecule has 1 aliphatic heterocycles. The van der Waals surface area contributed by atoms with Crippen LogP contribution in [0.2, 0.25) is 10.0 Å². The Morgan fingerprint density at radius 2 is 2.06 bits per heavy atom. The van der Waals surface area contributed by atoms with Gasteiger partial charge in [0.05, 0.1) is 15.7 Å². The lowest BCUT2D eigenvalue weighted by Gasteiger charge is -2.36. The van der Waals surface area contributed by atoms with Crippen LogP contribution in [-0.2, 0) is 0 Å². The van der Waals surface area contributed by atoms with Crippen molar-refractivity contribution in [2.45, 2.75) is 31.8 Å². The summed E-state index contributed by atoms with van der Waals surface area (Å²) >= 11 is 12.3. The van der Waals surface area contributed by atoms with Crippen LogP contribution < -0.4 is 10.6 Å². The topological polar surface area (TPSA) is 29.3 Å². The number of nitrogens with zero attached hydrogens (tertiary/aromatic N) is 1. The summed E-state index contributed by atoms with van der Waals surface area (Å²) in [6.07, 6.45) is 0.982. The highest BCUT2D eigenvalue weighted by Gasteiger charge is 2.39. The van der Waals surface area contributed by atoms with E-state index < -0.39 is 0 Å². The van der Waals surface area contributed by atoms with Gasteiger partial charge < -0.3 is 10.6 Å². The molecule has 2 rings (SSSR count). The van der Waals surface area contributed by atoms with Gasteiger partial charge in [0.1, 0.15) is 0 Å². The Labute approximate surface area is 106 Å². The lowest BCUT2D eigenvalue weighted by molar-refractivity contribution is 0.453. The molecule has 1 aromatic carbocycles. The number of halogens is 2. The molecule has 0 amide bonds. The number of rotatable bonds is 1. The van der Waals surface area contributed by atoms with Crippen molar-refractivity contribution in [2.24, 2.45) is 5.73 Å². The highest BCUT2D eigenvalue weighted by Crippen LogP contribution is 2.39. The number of benzene rings is 1. The highest BCUT2D eigenvalue weighted by atomic mass is 35.5. The van der Waals surface area contributed by atoms with Crippen molar-refractivity contribution < 1.29 is 0 Å². The molecule has 2 N–H and O–H groups in total. The van der Waals surface area contributed by atoms with E-state index in [-0.39, 0.29) is 11.6 Å². The van der Waals surface area contributed by atoms with Gasteiger partial charge >= 0.3 is 0 Å². The van der Waals surface area contributed by atoms with Gasteiger partial charge in [-0.3, -0.25) is 0 Å². The normalized spacial score (nSPS) is 23.8. The van der Waals surface area contributed by atoms with E-state index in [0.29, 0.717) is 10.0 Å². The van der Waals surface area contributed by atoms with E-state index in [1.54, 1.807) is 6.07 Å². The van der Waals surface area contributed by atoms with E-state index in [1.165, 1.54) is 0 Å². The second-order valence-electron chi connectivity index (χ2n) is 4.77. The maximum absolute atomic E-state index is 6.23. The summed E-state index contributed by atoms with van der Waals surface area (Å²) in [5.41, 5.74) is 7.01. The van der Waals surface area contributed by atoms with Gasteiger partial charge in [0.25, 0.3) is 0 Å². The van der Waals surface area contributed by atoms with Crippen LogP contribution in [0.4, 0.5) is 5.69 Å². The predicted octanol–water partition coefficient (Wildman–Crippen LogP) is 3.31. The minimum Gasteiger partial charge on any atom is -0.364 e. The minimum absolute atomic E-state index is 0.0751. The Bertz CT molecular complexity index is 404. The predicted molar refractivity (Wildman–Crippen MR) is 70.5 cm³/mol. The van der Waals surface area contributed by atoms with Gasteiger partial charge in [0, 0.05) is 18.1 Å². The Balaban J connectivity index is 2.42. The van der Waals surface area contributed by atoms with Gasteiger partial charge in [0.2, 0.25) is 0 Å². The molecule has 16 heavy (non-hydrogen) atoms. The standard InChI is InChI=1S/C12H16Cl2N2/c1-12(2)10(15)6-7-16(12)9-5-3-4-8(13)11(9)14/h3-5,10H,6-7,15H2,1-2H3. The summed E-state index contributed by atoms with van der Waals surface area (Å²) in [5.74, 6) is 0. The van der Waals surface area contributed by atoms with E-state index >= 15 is 0 Å². The maximum atomic E-state index is 6.23. The number of hydrogen-bond donors (Lipinski definition) is 1. The first-order chi connectivity index (χ1) is 7.44. The zero-order chi connectivity index (χ0) is 11.9. The number of hydrogen-bond acceptors (Lipinski definition) is 2. The van der Waals surface area contributed by atoms with E-state index in [2.05, 4.69) is 18.7 Å². The van der Waals surface area contributed by atoms with Crippen molar-refractivity contribution in [2.75, 3.05) is 11.4 Å². The lowest BCUT2D eigenvalue weighted by atomic mass is 9.96. The molecule has 1 saturated heterocycles. The highest BCUT2D eigenvalue weighted by molar-refractivity contribution is 6.43. The Morgan fingerprint density at radius 3 is 2.62 bits per heavy atom. The van der Waals surface area contributed by atoms with Crippen molar-refractivity contribution >= 4 is 28.9 Å². The van der Waals surface area contributed by atoms with Crippen LogP contribution in [0.1, 0.15) is 20.3 Å². The van der Waals surface area contributed by atoms with E-state index in [4.69, 9.17) is 28.9 Å². The summed E-state index contributed by atoms with van der Waals surface area (Å²) in [4.78, 5) is 2.24. The molecule has 88 valence electrons. The Kier molecular flexibility index (Phi) is 3.08. The molecule has 0 saturated carbocycles. The summed E-state index contributed by atoms with van der Waals surface area (Å²) < 4.78 is 0. The Morgan fingerprint density at radius 1 is 1.38 bits per heavy atom. The first-order valence-electron chi connectivity index (χ1n) is 5.42. The molecule has 1 atom stereocenters. The third-order valence-corrected chi connectivity index (χ3v) is 4.30. The molecule has 1 fully saturated rings. The van der Waals surface area contributed by atoms with Gasteiger partial charge in [-0.15, -0.1) is 0 Å². The summed E-state index contributed by atoms with van der Waals surface area (Å²) in [5, 5.41) is 1.21. The average molecular weight is 259 g/mol.